The maximum Gasteiger partial charge on any atom is 0.306 e. The normalized spacial score (nSPS) is 14.3. The van der Waals surface area contributed by atoms with Gasteiger partial charge in [0.15, 0.2) is 0 Å². The van der Waals surface area contributed by atoms with Crippen LogP contribution in [0, 0.1) is 0 Å². The Morgan fingerprint density at radius 3 is 1.25 bits per heavy atom. The molecule has 0 aliphatic carbocycles. The minimum atomic E-state index is -4.72. The van der Waals surface area contributed by atoms with E-state index in [9.17, 15) is 19.0 Å². The zero-order chi connectivity index (χ0) is 58.6. The van der Waals surface area contributed by atoms with Gasteiger partial charge in [-0.05, 0) is 109 Å². The average molecular weight is 1140 g/mol. The summed E-state index contributed by atoms with van der Waals surface area (Å²) in [6.07, 6.45) is 80.7. The molecule has 9 nitrogen and oxygen atoms in total. The second kappa shape index (κ2) is 58.9. The van der Waals surface area contributed by atoms with Gasteiger partial charge in [0.1, 0.15) is 19.3 Å². The summed E-state index contributed by atoms with van der Waals surface area (Å²) in [5.74, 6) is -0.614. The van der Waals surface area contributed by atoms with Gasteiger partial charge in [-0.2, -0.15) is 0 Å². The molecule has 0 aliphatic heterocycles. The Balaban J connectivity index is 5.21. The summed E-state index contributed by atoms with van der Waals surface area (Å²) >= 11 is 0. The molecular formula is C70H123N2O7P. The number of ether oxygens (including phenoxy) is 1. The Labute approximate surface area is 493 Å². The van der Waals surface area contributed by atoms with Crippen molar-refractivity contribution in [1.82, 2.24) is 5.32 Å². The minimum Gasteiger partial charge on any atom is -0.756 e. The summed E-state index contributed by atoms with van der Waals surface area (Å²) in [7, 11) is 1.14. The number of esters is 1. The van der Waals surface area contributed by atoms with E-state index in [2.05, 4.69) is 123 Å². The van der Waals surface area contributed by atoms with Gasteiger partial charge >= 0.3 is 5.97 Å². The Morgan fingerprint density at radius 1 is 0.450 bits per heavy atom. The molecule has 80 heavy (non-hydrogen) atoms. The number of phosphoric ester groups is 1. The lowest BCUT2D eigenvalue weighted by Crippen LogP contribution is -2.47. The Kier molecular flexibility index (Phi) is 56.4. The summed E-state index contributed by atoms with van der Waals surface area (Å²) in [4.78, 5) is 40.0. The lowest BCUT2D eigenvalue weighted by Gasteiger charge is -2.30. The summed E-state index contributed by atoms with van der Waals surface area (Å²) in [5.41, 5.74) is 0. The van der Waals surface area contributed by atoms with E-state index >= 15 is 0 Å². The van der Waals surface area contributed by atoms with E-state index in [1.54, 1.807) is 0 Å². The fraction of sp³-hybridized carbons (Fsp3) is 0.714. The first kappa shape index (κ1) is 76.7. The molecule has 0 bridgehead atoms. The van der Waals surface area contributed by atoms with Crippen molar-refractivity contribution in [3.63, 3.8) is 0 Å². The van der Waals surface area contributed by atoms with E-state index in [4.69, 9.17) is 13.8 Å². The summed E-state index contributed by atoms with van der Waals surface area (Å²) in [6.45, 7) is 6.66. The number of carbonyl (C=O) groups is 2. The van der Waals surface area contributed by atoms with Crippen LogP contribution in [0.1, 0.15) is 271 Å². The molecule has 0 aromatic heterocycles. The minimum absolute atomic E-state index is 0.0362. The highest BCUT2D eigenvalue weighted by atomic mass is 31.2. The van der Waals surface area contributed by atoms with E-state index in [-0.39, 0.29) is 18.9 Å². The molecule has 0 radical (unpaired) electrons. The highest BCUT2D eigenvalue weighted by molar-refractivity contribution is 7.45. The van der Waals surface area contributed by atoms with Gasteiger partial charge in [0.05, 0.1) is 33.8 Å². The number of rotatable bonds is 58. The van der Waals surface area contributed by atoms with Crippen molar-refractivity contribution in [2.45, 2.75) is 283 Å². The number of allylic oxidation sites excluding steroid dienone is 17. The predicted octanol–water partition coefficient (Wildman–Crippen LogP) is 19.9. The molecule has 0 saturated heterocycles. The molecule has 0 fully saturated rings. The SMILES string of the molecule is CC/C=C\C/C=C\C/C=C\C/C=C\C/C=C\CCCC(=O)OC(/C=C\CCCCCCCCCCCC)C(COP(=O)([O-])OCC[N+](C)(C)C)NC(=O)CCCCCCCCCCCCCC/C=C\C/C=C\C/C=C\CCCCC. The van der Waals surface area contributed by atoms with Crippen LogP contribution in [0.3, 0.4) is 0 Å². The monoisotopic (exact) mass is 1130 g/mol. The van der Waals surface area contributed by atoms with Crippen LogP contribution in [0.5, 0.6) is 0 Å². The summed E-state index contributed by atoms with van der Waals surface area (Å²) < 4.78 is 30.3. The van der Waals surface area contributed by atoms with Gasteiger partial charge in [-0.3, -0.25) is 14.2 Å². The molecule has 3 atom stereocenters. The van der Waals surface area contributed by atoms with Crippen molar-refractivity contribution >= 4 is 19.7 Å². The first-order valence-corrected chi connectivity index (χ1v) is 34.2. The molecule has 0 aromatic carbocycles. The molecule has 0 aliphatic rings. The maximum absolute atomic E-state index is 13.6. The van der Waals surface area contributed by atoms with Crippen molar-refractivity contribution in [3.8, 4) is 0 Å². The van der Waals surface area contributed by atoms with Crippen LogP contribution < -0.4 is 10.2 Å². The number of nitrogens with one attached hydrogen (secondary N) is 1. The van der Waals surface area contributed by atoms with Crippen molar-refractivity contribution in [2.24, 2.45) is 0 Å². The van der Waals surface area contributed by atoms with Gasteiger partial charge in [-0.15, -0.1) is 0 Å². The van der Waals surface area contributed by atoms with E-state index in [0.29, 0.717) is 23.9 Å². The molecule has 0 saturated carbocycles. The van der Waals surface area contributed by atoms with E-state index in [1.165, 1.54) is 135 Å². The summed E-state index contributed by atoms with van der Waals surface area (Å²) in [5, 5.41) is 3.02. The van der Waals surface area contributed by atoms with Gasteiger partial charge in [0.2, 0.25) is 5.91 Å². The number of phosphoric acid groups is 1. The fourth-order valence-electron chi connectivity index (χ4n) is 8.92. The zero-order valence-electron chi connectivity index (χ0n) is 52.5. The van der Waals surface area contributed by atoms with Crippen molar-refractivity contribution in [1.29, 1.82) is 0 Å². The third-order valence-electron chi connectivity index (χ3n) is 13.9. The Bertz CT molecular complexity index is 1740. The first-order valence-electron chi connectivity index (χ1n) is 32.7. The number of hydrogen-bond acceptors (Lipinski definition) is 7. The predicted molar refractivity (Wildman–Crippen MR) is 344 cm³/mol. The van der Waals surface area contributed by atoms with Gasteiger partial charge in [0.25, 0.3) is 7.82 Å². The molecule has 0 spiro atoms. The Morgan fingerprint density at radius 2 is 0.812 bits per heavy atom. The Hall–Kier alpha value is -3.33. The highest BCUT2D eigenvalue weighted by Crippen LogP contribution is 2.38. The van der Waals surface area contributed by atoms with Crippen LogP contribution >= 0.6 is 7.82 Å². The molecule has 0 heterocycles. The van der Waals surface area contributed by atoms with Crippen LogP contribution in [0.15, 0.2) is 109 Å². The van der Waals surface area contributed by atoms with Crippen molar-refractivity contribution < 1.29 is 37.3 Å². The second-order valence-corrected chi connectivity index (χ2v) is 24.3. The van der Waals surface area contributed by atoms with Crippen LogP contribution in [0.4, 0.5) is 0 Å². The molecule has 10 heteroatoms. The number of carbonyl (C=O) groups excluding carboxylic acids is 2. The molecule has 1 N–H and O–H groups in total. The fourth-order valence-corrected chi connectivity index (χ4v) is 9.64. The quantitative estimate of drug-likeness (QED) is 0.0212. The van der Waals surface area contributed by atoms with Crippen LogP contribution in [0.2, 0.25) is 0 Å². The number of nitrogens with zero attached hydrogens (tertiary/aromatic N) is 1. The largest absolute Gasteiger partial charge is 0.756 e. The lowest BCUT2D eigenvalue weighted by molar-refractivity contribution is -0.870. The van der Waals surface area contributed by atoms with E-state index in [0.717, 1.165) is 96.3 Å². The maximum atomic E-state index is 13.6. The van der Waals surface area contributed by atoms with Crippen LogP contribution in [0.25, 0.3) is 0 Å². The smallest absolute Gasteiger partial charge is 0.306 e. The number of quaternary nitrogens is 1. The number of amides is 1. The topological polar surface area (TPSA) is 114 Å². The van der Waals surface area contributed by atoms with Gasteiger partial charge in [-0.1, -0.05) is 259 Å². The van der Waals surface area contributed by atoms with Crippen LogP contribution in [-0.4, -0.2) is 69.4 Å². The first-order chi connectivity index (χ1) is 38.9. The standard InChI is InChI=1S/C70H123N2O7P/c1-7-10-13-16-19-22-25-28-30-32-33-34-35-36-37-38-39-41-42-44-47-50-53-56-59-62-69(73)71-67(66-78-80(75,76)77-65-64-72(4,5)6)68(61-58-55-52-49-46-27-24-21-18-15-12-9-3)79-70(74)63-60-57-54-51-48-45-43-40-31-29-26-23-20-17-14-11-8-2/h11,14,19-20,22-23,28-31,33-34,43,45,51,54,58,61,67-68H,7-10,12-13,15-18,21,24-27,32,35-42,44,46-50,52-53,55-57,59-60,62-66H2,1-6H3,(H-,71,73,75,76)/b14-11-,22-19-,23-20-,30-28-,31-29-,34-33-,45-43-,54-51-,61-58-. The molecule has 460 valence electrons. The average Bonchev–Trinajstić information content (AvgIpc) is 3.42. The molecule has 0 rings (SSSR count). The number of likely N-dealkylation sites (N-methyl/N-ethyl adjacent to an activating group) is 1. The third-order valence-corrected chi connectivity index (χ3v) is 14.9. The van der Waals surface area contributed by atoms with Crippen molar-refractivity contribution in [3.05, 3.63) is 109 Å². The number of hydrogen-bond donors (Lipinski definition) is 1. The van der Waals surface area contributed by atoms with Gasteiger partial charge < -0.3 is 28.5 Å². The molecule has 0 aromatic rings. The summed E-state index contributed by atoms with van der Waals surface area (Å²) in [6, 6.07) is -0.919. The van der Waals surface area contributed by atoms with Crippen molar-refractivity contribution in [2.75, 3.05) is 40.9 Å². The van der Waals surface area contributed by atoms with E-state index < -0.39 is 32.5 Å². The van der Waals surface area contributed by atoms with Crippen LogP contribution in [-0.2, 0) is 27.9 Å². The highest BCUT2D eigenvalue weighted by Gasteiger charge is 2.27. The third kappa shape index (κ3) is 59.3. The molecular weight excluding hydrogens is 1010 g/mol. The van der Waals surface area contributed by atoms with E-state index in [1.807, 2.05) is 33.3 Å². The van der Waals surface area contributed by atoms with Gasteiger partial charge in [0, 0.05) is 12.8 Å². The lowest BCUT2D eigenvalue weighted by atomic mass is 10.0. The second-order valence-electron chi connectivity index (χ2n) is 22.9. The van der Waals surface area contributed by atoms with Gasteiger partial charge in [-0.25, -0.2) is 0 Å². The molecule has 3 unspecified atom stereocenters. The zero-order valence-corrected chi connectivity index (χ0v) is 53.4. The number of unbranched alkanes of at least 4 members (excludes halogenated alkanes) is 26. The molecule has 1 amide bonds.